The van der Waals surface area contributed by atoms with Crippen LogP contribution >= 0.6 is 0 Å². The number of hydrogen-bond acceptors (Lipinski definition) is 7. The molecule has 41 heavy (non-hydrogen) atoms. The molecule has 0 bridgehead atoms. The van der Waals surface area contributed by atoms with Crippen molar-refractivity contribution in [3.05, 3.63) is 65.2 Å². The van der Waals surface area contributed by atoms with Crippen molar-refractivity contribution < 1.29 is 28.5 Å². The van der Waals surface area contributed by atoms with E-state index in [1.165, 1.54) is 5.56 Å². The van der Waals surface area contributed by atoms with E-state index in [0.29, 0.717) is 19.8 Å². The van der Waals surface area contributed by atoms with E-state index in [4.69, 9.17) is 18.9 Å². The molecule has 2 fully saturated rings. The number of carbonyl (C=O) groups excluding carboxylic acids is 2. The van der Waals surface area contributed by atoms with E-state index in [-0.39, 0.29) is 35.5 Å². The second-order valence-corrected chi connectivity index (χ2v) is 13.1. The molecule has 2 aliphatic rings. The Bertz CT molecular complexity index is 1200. The van der Waals surface area contributed by atoms with Crippen LogP contribution in [-0.4, -0.2) is 62.1 Å². The van der Waals surface area contributed by atoms with Gasteiger partial charge in [-0.3, -0.25) is 4.90 Å². The molecule has 2 heterocycles. The fraction of sp³-hybridized carbons (Fsp3) is 0.576. The Balaban J connectivity index is 1.81. The van der Waals surface area contributed by atoms with Gasteiger partial charge in [0, 0.05) is 24.1 Å². The minimum atomic E-state index is -0.839. The quantitative estimate of drug-likeness (QED) is 0.414. The average Bonchev–Trinajstić information content (AvgIpc) is 3.25. The molecule has 2 aromatic carbocycles. The molecule has 1 amide bonds. The third-order valence-corrected chi connectivity index (χ3v) is 8.10. The van der Waals surface area contributed by atoms with E-state index in [1.807, 2.05) is 36.4 Å². The molecule has 0 spiro atoms. The van der Waals surface area contributed by atoms with Crippen LogP contribution in [-0.2, 0) is 31.0 Å². The third-order valence-electron chi connectivity index (χ3n) is 8.10. The predicted octanol–water partition coefficient (Wildman–Crippen LogP) is 5.64. The number of ether oxygens (including phenoxy) is 4. The van der Waals surface area contributed by atoms with Gasteiger partial charge in [-0.05, 0) is 34.9 Å². The molecule has 4 rings (SSSR count). The number of rotatable bonds is 8. The van der Waals surface area contributed by atoms with Gasteiger partial charge in [0.2, 0.25) is 0 Å². The summed E-state index contributed by atoms with van der Waals surface area (Å²) in [5, 5.41) is 3.79. The van der Waals surface area contributed by atoms with Crippen molar-refractivity contribution in [1.29, 1.82) is 0 Å². The molecule has 4 atom stereocenters. The van der Waals surface area contributed by atoms with Crippen molar-refractivity contribution in [2.45, 2.75) is 84.7 Å². The average molecular weight is 567 g/mol. The van der Waals surface area contributed by atoms with E-state index in [0.717, 1.165) is 16.9 Å². The Kier molecular flexibility index (Phi) is 9.34. The summed E-state index contributed by atoms with van der Waals surface area (Å²) >= 11 is 0. The summed E-state index contributed by atoms with van der Waals surface area (Å²) in [6.45, 7) is 16.1. The number of amides is 1. The highest BCUT2D eigenvalue weighted by atomic mass is 16.6. The number of likely N-dealkylation sites (tertiary alicyclic amines) is 1. The fourth-order valence-corrected chi connectivity index (χ4v) is 5.99. The van der Waals surface area contributed by atoms with Gasteiger partial charge < -0.3 is 24.3 Å². The first-order valence-corrected chi connectivity index (χ1v) is 14.6. The van der Waals surface area contributed by atoms with Crippen LogP contribution in [0.4, 0.5) is 4.79 Å². The fourth-order valence-electron chi connectivity index (χ4n) is 5.99. The van der Waals surface area contributed by atoms with Crippen LogP contribution in [0, 0.1) is 11.3 Å². The van der Waals surface area contributed by atoms with E-state index in [9.17, 15) is 9.59 Å². The Morgan fingerprint density at radius 2 is 1.71 bits per heavy atom. The van der Waals surface area contributed by atoms with E-state index >= 15 is 0 Å². The Morgan fingerprint density at radius 1 is 1.02 bits per heavy atom. The maximum absolute atomic E-state index is 13.9. The second-order valence-electron chi connectivity index (χ2n) is 13.1. The van der Waals surface area contributed by atoms with Crippen LogP contribution in [0.5, 0.6) is 5.75 Å². The van der Waals surface area contributed by atoms with Gasteiger partial charge in [-0.25, -0.2) is 9.59 Å². The molecule has 0 radical (unpaired) electrons. The smallest absolute Gasteiger partial charge is 0.411 e. The highest BCUT2D eigenvalue weighted by Crippen LogP contribution is 2.49. The van der Waals surface area contributed by atoms with Crippen LogP contribution in [0.3, 0.4) is 0 Å². The molecule has 224 valence electrons. The molecule has 8 nitrogen and oxygen atoms in total. The SMILES string of the molecule is CCOC(=O)[C@@H]1[C@@H](C(C)(C)C)[C@H](NCc2cc(C(C)(C)C)ccc2OC)[C@H](c2ccccc2)N1C(=O)OC1COC1. The maximum atomic E-state index is 13.9. The Morgan fingerprint density at radius 3 is 2.24 bits per heavy atom. The highest BCUT2D eigenvalue weighted by Gasteiger charge is 2.59. The van der Waals surface area contributed by atoms with Gasteiger partial charge in [-0.1, -0.05) is 84.0 Å². The van der Waals surface area contributed by atoms with Crippen molar-refractivity contribution >= 4 is 12.1 Å². The summed E-state index contributed by atoms with van der Waals surface area (Å²) in [5.41, 5.74) is 2.73. The standard InChI is InChI=1S/C33H46N2O6/c1-9-40-30(36)29-26(33(5,6)7)27(34-18-22-17-23(32(2,3)4)15-16-25(22)38-8)28(21-13-11-10-12-14-21)35(29)31(37)41-24-19-39-20-24/h10-17,24,26-29,34H,9,18-20H2,1-8H3/t26-,27-,28-,29-/m0/s1. The first-order chi connectivity index (χ1) is 19.4. The van der Waals surface area contributed by atoms with Crippen molar-refractivity contribution in [1.82, 2.24) is 10.2 Å². The lowest BCUT2D eigenvalue weighted by Crippen LogP contribution is -2.50. The predicted molar refractivity (Wildman–Crippen MR) is 158 cm³/mol. The number of benzene rings is 2. The summed E-state index contributed by atoms with van der Waals surface area (Å²) in [4.78, 5) is 29.2. The van der Waals surface area contributed by atoms with Crippen LogP contribution in [0.1, 0.15) is 71.2 Å². The highest BCUT2D eigenvalue weighted by molar-refractivity contribution is 5.83. The zero-order valence-electron chi connectivity index (χ0n) is 25.7. The van der Waals surface area contributed by atoms with Crippen molar-refractivity contribution in [3.8, 4) is 5.75 Å². The van der Waals surface area contributed by atoms with Crippen molar-refractivity contribution in [3.63, 3.8) is 0 Å². The van der Waals surface area contributed by atoms with E-state index < -0.39 is 24.1 Å². The number of nitrogens with zero attached hydrogens (tertiary/aromatic N) is 1. The summed E-state index contributed by atoms with van der Waals surface area (Å²) in [6, 6.07) is 14.5. The van der Waals surface area contributed by atoms with Gasteiger partial charge in [-0.2, -0.15) is 0 Å². The summed E-state index contributed by atoms with van der Waals surface area (Å²) in [6.07, 6.45) is -0.859. The number of hydrogen-bond donors (Lipinski definition) is 1. The van der Waals surface area contributed by atoms with Crippen LogP contribution in [0.2, 0.25) is 0 Å². The lowest BCUT2D eigenvalue weighted by Gasteiger charge is -2.36. The molecular formula is C33H46N2O6. The Labute approximate surface area is 244 Å². The molecule has 8 heteroatoms. The first kappa shape index (κ1) is 30.8. The summed E-state index contributed by atoms with van der Waals surface area (Å²) in [7, 11) is 1.68. The third kappa shape index (κ3) is 6.70. The molecule has 2 saturated heterocycles. The lowest BCUT2D eigenvalue weighted by atomic mass is 9.72. The van der Waals surface area contributed by atoms with Crippen molar-refractivity contribution in [2.24, 2.45) is 11.3 Å². The maximum Gasteiger partial charge on any atom is 0.411 e. The zero-order chi connectivity index (χ0) is 29.9. The number of methoxy groups -OCH3 is 1. The van der Waals surface area contributed by atoms with E-state index in [2.05, 4.69) is 59.0 Å². The lowest BCUT2D eigenvalue weighted by molar-refractivity contribution is -0.152. The second kappa shape index (κ2) is 12.4. The van der Waals surface area contributed by atoms with Crippen LogP contribution < -0.4 is 10.1 Å². The summed E-state index contributed by atoms with van der Waals surface area (Å²) < 4.78 is 22.4. The van der Waals surface area contributed by atoms with Crippen molar-refractivity contribution in [2.75, 3.05) is 26.9 Å². The van der Waals surface area contributed by atoms with Crippen LogP contribution in [0.15, 0.2) is 48.5 Å². The van der Waals surface area contributed by atoms with Crippen LogP contribution in [0.25, 0.3) is 0 Å². The van der Waals surface area contributed by atoms with Gasteiger partial charge >= 0.3 is 12.1 Å². The van der Waals surface area contributed by atoms with Gasteiger partial charge in [0.15, 0.2) is 6.10 Å². The number of esters is 1. The first-order valence-electron chi connectivity index (χ1n) is 14.6. The normalized spacial score (nSPS) is 23.2. The van der Waals surface area contributed by atoms with Gasteiger partial charge in [0.1, 0.15) is 11.8 Å². The molecule has 2 aromatic rings. The van der Waals surface area contributed by atoms with E-state index in [1.54, 1.807) is 18.9 Å². The number of carbonyl (C=O) groups is 2. The Hall–Kier alpha value is -3.10. The summed E-state index contributed by atoms with van der Waals surface area (Å²) in [5.74, 6) is 0.0794. The molecule has 0 aromatic heterocycles. The minimum absolute atomic E-state index is 0.0320. The van der Waals surface area contributed by atoms with Gasteiger partial charge in [-0.15, -0.1) is 0 Å². The minimum Gasteiger partial charge on any atom is -0.496 e. The van der Waals surface area contributed by atoms with Gasteiger partial charge in [0.25, 0.3) is 0 Å². The molecule has 0 unspecified atom stereocenters. The van der Waals surface area contributed by atoms with Gasteiger partial charge in [0.05, 0.1) is 33.0 Å². The molecule has 0 aliphatic carbocycles. The molecule has 2 aliphatic heterocycles. The topological polar surface area (TPSA) is 86.3 Å². The number of nitrogens with one attached hydrogen (secondary N) is 1. The zero-order valence-corrected chi connectivity index (χ0v) is 25.7. The molecule has 1 N–H and O–H groups in total. The molecular weight excluding hydrogens is 520 g/mol. The monoisotopic (exact) mass is 566 g/mol. The largest absolute Gasteiger partial charge is 0.496 e. The molecule has 0 saturated carbocycles.